The van der Waals surface area contributed by atoms with E-state index in [2.05, 4.69) is 29.4 Å². The number of halogens is 1. The van der Waals surface area contributed by atoms with Crippen LogP contribution in [0.4, 0.5) is 9.52 Å². The van der Waals surface area contributed by atoms with Crippen LogP contribution < -0.4 is 5.32 Å². The van der Waals surface area contributed by atoms with Crippen molar-refractivity contribution < 1.29 is 9.18 Å². The SMILES string of the molecule is CC(C)Sc1nnc(NC(=O)/C=C/c2ccc(F)cc2)s1. The van der Waals surface area contributed by atoms with E-state index in [0.29, 0.717) is 10.4 Å². The summed E-state index contributed by atoms with van der Waals surface area (Å²) in [5.41, 5.74) is 0.750. The number of carbonyl (C=O) groups excluding carboxylic acids is 1. The summed E-state index contributed by atoms with van der Waals surface area (Å²) in [6.07, 6.45) is 2.99. The van der Waals surface area contributed by atoms with Gasteiger partial charge in [-0.1, -0.05) is 49.1 Å². The second-order valence-corrected chi connectivity index (χ2v) is 7.22. The summed E-state index contributed by atoms with van der Waals surface area (Å²) in [6, 6.07) is 5.89. The van der Waals surface area contributed by atoms with Gasteiger partial charge in [-0.2, -0.15) is 0 Å². The van der Waals surface area contributed by atoms with Crippen LogP contribution in [0.5, 0.6) is 0 Å². The lowest BCUT2D eigenvalue weighted by molar-refractivity contribution is -0.111. The number of rotatable bonds is 5. The monoisotopic (exact) mass is 323 g/mol. The molecule has 1 amide bonds. The Morgan fingerprint density at radius 3 is 2.71 bits per heavy atom. The van der Waals surface area contributed by atoms with E-state index in [1.807, 2.05) is 0 Å². The van der Waals surface area contributed by atoms with Gasteiger partial charge in [-0.05, 0) is 23.8 Å². The highest BCUT2D eigenvalue weighted by Crippen LogP contribution is 2.28. The molecule has 0 fully saturated rings. The number of hydrogen-bond donors (Lipinski definition) is 1. The second kappa shape index (κ2) is 7.33. The Balaban J connectivity index is 1.92. The summed E-state index contributed by atoms with van der Waals surface area (Å²) < 4.78 is 13.6. The highest BCUT2D eigenvalue weighted by molar-refractivity contribution is 8.01. The zero-order valence-electron chi connectivity index (χ0n) is 11.5. The lowest BCUT2D eigenvalue weighted by Gasteiger charge is -1.97. The Labute approximate surface area is 130 Å². The number of amides is 1. The minimum Gasteiger partial charge on any atom is -0.297 e. The van der Waals surface area contributed by atoms with E-state index in [0.717, 1.165) is 9.90 Å². The number of anilines is 1. The number of benzene rings is 1. The lowest BCUT2D eigenvalue weighted by Crippen LogP contribution is -2.07. The summed E-state index contributed by atoms with van der Waals surface area (Å²) in [7, 11) is 0. The molecule has 0 spiro atoms. The summed E-state index contributed by atoms with van der Waals surface area (Å²) >= 11 is 2.94. The van der Waals surface area contributed by atoms with Crippen LogP contribution in [0.3, 0.4) is 0 Å². The molecule has 1 heterocycles. The van der Waals surface area contributed by atoms with Gasteiger partial charge in [0.1, 0.15) is 5.82 Å². The molecule has 1 N–H and O–H groups in total. The first kappa shape index (κ1) is 15.7. The van der Waals surface area contributed by atoms with Crippen LogP contribution in [-0.2, 0) is 4.79 Å². The Kier molecular flexibility index (Phi) is 5.46. The van der Waals surface area contributed by atoms with Crippen molar-refractivity contribution in [3.8, 4) is 0 Å². The standard InChI is InChI=1S/C14H14FN3OS2/c1-9(2)20-14-18-17-13(21-14)16-12(19)8-5-10-3-6-11(15)7-4-10/h3-9H,1-2H3,(H,16,17,19)/b8-5+. The number of hydrogen-bond acceptors (Lipinski definition) is 5. The van der Waals surface area contributed by atoms with Crippen LogP contribution in [0, 0.1) is 5.82 Å². The van der Waals surface area contributed by atoms with Crippen LogP contribution in [0.1, 0.15) is 19.4 Å². The van der Waals surface area contributed by atoms with E-state index < -0.39 is 0 Å². The van der Waals surface area contributed by atoms with Gasteiger partial charge in [-0.25, -0.2) is 4.39 Å². The first-order valence-corrected chi connectivity index (χ1v) is 7.97. The van der Waals surface area contributed by atoms with Crippen molar-refractivity contribution in [2.24, 2.45) is 0 Å². The smallest absolute Gasteiger partial charge is 0.250 e. The molecule has 7 heteroatoms. The average Bonchev–Trinajstić information content (AvgIpc) is 2.84. The Bertz CT molecular complexity index is 638. The highest BCUT2D eigenvalue weighted by Gasteiger charge is 2.08. The van der Waals surface area contributed by atoms with Crippen molar-refractivity contribution in [3.05, 3.63) is 41.7 Å². The Morgan fingerprint density at radius 2 is 2.05 bits per heavy atom. The topological polar surface area (TPSA) is 54.9 Å². The fraction of sp³-hybridized carbons (Fsp3) is 0.214. The maximum atomic E-state index is 12.7. The van der Waals surface area contributed by atoms with E-state index >= 15 is 0 Å². The van der Waals surface area contributed by atoms with Gasteiger partial charge in [0.2, 0.25) is 11.0 Å². The van der Waals surface area contributed by atoms with Crippen molar-refractivity contribution >= 4 is 40.2 Å². The molecule has 1 aromatic heterocycles. The van der Waals surface area contributed by atoms with E-state index in [9.17, 15) is 9.18 Å². The summed E-state index contributed by atoms with van der Waals surface area (Å²) in [6.45, 7) is 4.13. The van der Waals surface area contributed by atoms with Crippen LogP contribution in [0.2, 0.25) is 0 Å². The molecule has 0 bridgehead atoms. The van der Waals surface area contributed by atoms with Gasteiger partial charge in [0, 0.05) is 11.3 Å². The van der Waals surface area contributed by atoms with E-state index in [1.54, 1.807) is 30.0 Å². The van der Waals surface area contributed by atoms with Crippen molar-refractivity contribution in [2.75, 3.05) is 5.32 Å². The number of carbonyl (C=O) groups is 1. The maximum Gasteiger partial charge on any atom is 0.250 e. The number of nitrogens with zero attached hydrogens (tertiary/aromatic N) is 2. The third-order valence-corrected chi connectivity index (χ3v) is 4.20. The fourth-order valence-electron chi connectivity index (χ4n) is 1.40. The van der Waals surface area contributed by atoms with E-state index in [1.165, 1.54) is 29.5 Å². The number of thioether (sulfide) groups is 1. The van der Waals surface area contributed by atoms with Gasteiger partial charge in [0.25, 0.3) is 0 Å². The molecular weight excluding hydrogens is 309 g/mol. The largest absolute Gasteiger partial charge is 0.297 e. The third kappa shape index (κ3) is 5.28. The van der Waals surface area contributed by atoms with Gasteiger partial charge in [0.05, 0.1) is 0 Å². The van der Waals surface area contributed by atoms with E-state index in [-0.39, 0.29) is 11.7 Å². The molecule has 0 radical (unpaired) electrons. The molecule has 0 saturated carbocycles. The molecule has 0 atom stereocenters. The quantitative estimate of drug-likeness (QED) is 0.516. The molecule has 0 aliphatic heterocycles. The molecule has 0 aliphatic rings. The van der Waals surface area contributed by atoms with Crippen molar-refractivity contribution in [1.82, 2.24) is 10.2 Å². The molecule has 2 rings (SSSR count). The fourth-order valence-corrected chi connectivity index (χ4v) is 3.38. The summed E-state index contributed by atoms with van der Waals surface area (Å²) in [5, 5.41) is 11.4. The van der Waals surface area contributed by atoms with Crippen LogP contribution in [0.25, 0.3) is 6.08 Å². The maximum absolute atomic E-state index is 12.7. The van der Waals surface area contributed by atoms with E-state index in [4.69, 9.17) is 0 Å². The molecule has 1 aromatic carbocycles. The zero-order valence-corrected chi connectivity index (χ0v) is 13.2. The molecule has 0 unspecified atom stereocenters. The predicted molar refractivity (Wildman–Crippen MR) is 85.0 cm³/mol. The van der Waals surface area contributed by atoms with Gasteiger partial charge < -0.3 is 0 Å². The third-order valence-electron chi connectivity index (χ3n) is 2.27. The van der Waals surface area contributed by atoms with Gasteiger partial charge in [-0.15, -0.1) is 10.2 Å². The van der Waals surface area contributed by atoms with Crippen LogP contribution >= 0.6 is 23.1 Å². The minimum absolute atomic E-state index is 0.295. The molecule has 2 aromatic rings. The predicted octanol–water partition coefficient (Wildman–Crippen LogP) is 3.83. The molecular formula is C14H14FN3OS2. The molecule has 110 valence electrons. The van der Waals surface area contributed by atoms with Crippen molar-refractivity contribution in [1.29, 1.82) is 0 Å². The number of aromatic nitrogens is 2. The van der Waals surface area contributed by atoms with Gasteiger partial charge >= 0.3 is 0 Å². The minimum atomic E-state index is -0.305. The second-order valence-electron chi connectivity index (χ2n) is 4.41. The zero-order chi connectivity index (χ0) is 15.2. The first-order valence-electron chi connectivity index (χ1n) is 6.28. The Morgan fingerprint density at radius 1 is 1.33 bits per heavy atom. The summed E-state index contributed by atoms with van der Waals surface area (Å²) in [5.74, 6) is -0.600. The molecule has 0 aliphatic carbocycles. The van der Waals surface area contributed by atoms with Gasteiger partial charge in [0.15, 0.2) is 4.34 Å². The van der Waals surface area contributed by atoms with Gasteiger partial charge in [-0.3, -0.25) is 10.1 Å². The lowest BCUT2D eigenvalue weighted by atomic mass is 10.2. The molecule has 4 nitrogen and oxygen atoms in total. The molecule has 0 saturated heterocycles. The summed E-state index contributed by atoms with van der Waals surface area (Å²) in [4.78, 5) is 11.7. The van der Waals surface area contributed by atoms with Crippen LogP contribution in [-0.4, -0.2) is 21.4 Å². The normalized spacial score (nSPS) is 11.2. The Hall–Kier alpha value is -1.73. The van der Waals surface area contributed by atoms with Crippen LogP contribution in [0.15, 0.2) is 34.7 Å². The average molecular weight is 323 g/mol. The van der Waals surface area contributed by atoms with Crippen molar-refractivity contribution in [3.63, 3.8) is 0 Å². The highest BCUT2D eigenvalue weighted by atomic mass is 32.2. The van der Waals surface area contributed by atoms with Crippen molar-refractivity contribution in [2.45, 2.75) is 23.4 Å². The number of nitrogens with one attached hydrogen (secondary N) is 1. The molecule has 21 heavy (non-hydrogen) atoms. The first-order chi connectivity index (χ1) is 10.0.